The molecule has 0 bridgehead atoms. The second-order valence-corrected chi connectivity index (χ2v) is 5.21. The number of nitrogens with zero attached hydrogens (tertiary/aromatic N) is 3. The van der Waals surface area contributed by atoms with Gasteiger partial charge in [0.25, 0.3) is 0 Å². The van der Waals surface area contributed by atoms with Gasteiger partial charge in [0.2, 0.25) is 0 Å². The molecule has 0 amide bonds. The second-order valence-electron chi connectivity index (χ2n) is 5.21. The number of aromatic nitrogens is 3. The van der Waals surface area contributed by atoms with Crippen LogP contribution in [0.25, 0.3) is 22.3 Å². The Morgan fingerprint density at radius 1 is 0.818 bits per heavy atom. The van der Waals surface area contributed by atoms with E-state index in [-0.39, 0.29) is 0 Å². The maximum Gasteiger partial charge on any atom is 0.179 e. The lowest BCUT2D eigenvalue weighted by Gasteiger charge is -2.06. The molecule has 0 saturated heterocycles. The second kappa shape index (κ2) is 5.45. The minimum atomic E-state index is 0.725. The molecule has 3 nitrogen and oxygen atoms in total. The summed E-state index contributed by atoms with van der Waals surface area (Å²) < 4.78 is 1.95. The summed E-state index contributed by atoms with van der Waals surface area (Å²) in [5.74, 6) is 0. The first-order valence-corrected chi connectivity index (χ1v) is 7.23. The van der Waals surface area contributed by atoms with Crippen molar-refractivity contribution >= 4 is 11.2 Å². The van der Waals surface area contributed by atoms with E-state index >= 15 is 0 Å². The molecule has 4 rings (SSSR count). The van der Waals surface area contributed by atoms with Crippen LogP contribution in [0.5, 0.6) is 0 Å². The van der Waals surface area contributed by atoms with Crippen LogP contribution in [0.1, 0.15) is 5.56 Å². The lowest BCUT2D eigenvalue weighted by molar-refractivity contribution is 0.806. The smallest absolute Gasteiger partial charge is 0.179 e. The van der Waals surface area contributed by atoms with Gasteiger partial charge in [-0.1, -0.05) is 54.6 Å². The van der Waals surface area contributed by atoms with Crippen molar-refractivity contribution in [1.29, 1.82) is 0 Å². The average molecular weight is 284 g/mol. The van der Waals surface area contributed by atoms with E-state index in [9.17, 15) is 0 Å². The van der Waals surface area contributed by atoms with Crippen molar-refractivity contribution in [1.82, 2.24) is 14.5 Å². The summed E-state index contributed by atoms with van der Waals surface area (Å²) in [6.07, 6.45) is 4.80. The Morgan fingerprint density at radius 3 is 2.41 bits per heavy atom. The first-order valence-electron chi connectivity index (χ1n) is 7.23. The van der Waals surface area contributed by atoms with Gasteiger partial charge in [-0.2, -0.15) is 0 Å². The van der Waals surface area contributed by atoms with E-state index in [1.54, 1.807) is 6.20 Å². The minimum Gasteiger partial charge on any atom is -0.302 e. The normalized spacial score (nSPS) is 10.9. The van der Waals surface area contributed by atoms with Gasteiger partial charge >= 0.3 is 0 Å². The van der Waals surface area contributed by atoms with Crippen molar-refractivity contribution < 1.29 is 0 Å². The molecule has 2 heterocycles. The molecule has 105 valence electrons. The Morgan fingerprint density at radius 2 is 1.59 bits per heavy atom. The fourth-order valence-electron chi connectivity index (χ4n) is 2.57. The van der Waals surface area contributed by atoms with Gasteiger partial charge in [-0.15, -0.1) is 0 Å². The van der Waals surface area contributed by atoms with Crippen molar-refractivity contribution in [2.75, 3.05) is 0 Å². The quantitative estimate of drug-likeness (QED) is 0.570. The van der Waals surface area contributed by atoms with Crippen LogP contribution in [-0.2, 0) is 6.54 Å². The lowest BCUT2D eigenvalue weighted by atomic mass is 10.0. The molecule has 0 fully saturated rings. The Bertz CT molecular complexity index is 893. The molecule has 4 aromatic rings. The number of pyridine rings is 1. The molecule has 0 aliphatic carbocycles. The summed E-state index contributed by atoms with van der Waals surface area (Å²) in [7, 11) is 0. The fourth-order valence-corrected chi connectivity index (χ4v) is 2.57. The zero-order chi connectivity index (χ0) is 14.8. The van der Waals surface area contributed by atoms with Gasteiger partial charge < -0.3 is 4.57 Å². The van der Waals surface area contributed by atoms with E-state index in [0.29, 0.717) is 0 Å². The largest absolute Gasteiger partial charge is 0.302 e. The molecule has 0 aliphatic rings. The van der Waals surface area contributed by atoms with Crippen molar-refractivity contribution in [2.24, 2.45) is 0 Å². The van der Waals surface area contributed by atoms with Crippen molar-refractivity contribution in [3.63, 3.8) is 0 Å². The molecule has 2 aromatic carbocycles. The first-order chi connectivity index (χ1) is 10.9. The molecular weight excluding hydrogens is 270 g/mol. The standard InChI is InChI=1S/C19H14N3/c1-2-5-16(6-3-1)17-10-8-15(9-11-17)13-22-14-21-18-7-4-12-20-19(18)22/h1-12H,13H2. The van der Waals surface area contributed by atoms with Gasteiger partial charge in [0.1, 0.15) is 5.52 Å². The maximum absolute atomic E-state index is 4.37. The van der Waals surface area contributed by atoms with Gasteiger partial charge in [0, 0.05) is 6.20 Å². The van der Waals surface area contributed by atoms with Crippen LogP contribution in [0.15, 0.2) is 72.9 Å². The molecule has 22 heavy (non-hydrogen) atoms. The van der Waals surface area contributed by atoms with Crippen molar-refractivity contribution in [3.05, 3.63) is 84.8 Å². The molecule has 1 radical (unpaired) electrons. The molecule has 0 saturated carbocycles. The van der Waals surface area contributed by atoms with Gasteiger partial charge in [-0.3, -0.25) is 0 Å². The summed E-state index contributed by atoms with van der Waals surface area (Å²) in [5, 5.41) is 0. The van der Waals surface area contributed by atoms with E-state index in [1.165, 1.54) is 16.7 Å². The van der Waals surface area contributed by atoms with Gasteiger partial charge in [0.15, 0.2) is 12.0 Å². The predicted octanol–water partition coefficient (Wildman–Crippen LogP) is 3.95. The fraction of sp³-hybridized carbons (Fsp3) is 0.0526. The first kappa shape index (κ1) is 12.8. The highest BCUT2D eigenvalue weighted by Gasteiger charge is 2.04. The highest BCUT2D eigenvalue weighted by Crippen LogP contribution is 2.20. The molecule has 3 heteroatoms. The van der Waals surface area contributed by atoms with E-state index < -0.39 is 0 Å². The van der Waals surface area contributed by atoms with Crippen LogP contribution >= 0.6 is 0 Å². The third-order valence-electron chi connectivity index (χ3n) is 3.71. The topological polar surface area (TPSA) is 30.7 Å². The number of benzene rings is 2. The van der Waals surface area contributed by atoms with Crippen LogP contribution in [0.3, 0.4) is 0 Å². The highest BCUT2D eigenvalue weighted by molar-refractivity contribution is 5.70. The Balaban J connectivity index is 1.61. The van der Waals surface area contributed by atoms with Gasteiger partial charge in [-0.25, -0.2) is 9.97 Å². The zero-order valence-electron chi connectivity index (χ0n) is 12.0. The SMILES string of the molecule is [c]1nc2cccnc2n1Cc1ccc(-c2ccccc2)cc1. The highest BCUT2D eigenvalue weighted by atomic mass is 15.1. The third kappa shape index (κ3) is 2.37. The lowest BCUT2D eigenvalue weighted by Crippen LogP contribution is -1.99. The molecule has 0 unspecified atom stereocenters. The summed E-state index contributed by atoms with van der Waals surface area (Å²) in [5.41, 5.74) is 5.41. The van der Waals surface area contributed by atoms with E-state index in [0.717, 1.165) is 17.7 Å². The van der Waals surface area contributed by atoms with Crippen LogP contribution < -0.4 is 0 Å². The van der Waals surface area contributed by atoms with Crippen molar-refractivity contribution in [3.8, 4) is 11.1 Å². The monoisotopic (exact) mass is 284 g/mol. The van der Waals surface area contributed by atoms with Gasteiger partial charge in [0.05, 0.1) is 6.54 Å². The summed E-state index contributed by atoms with van der Waals surface area (Å²) in [6.45, 7) is 0.725. The minimum absolute atomic E-state index is 0.725. The Hall–Kier alpha value is -2.94. The third-order valence-corrected chi connectivity index (χ3v) is 3.71. The summed E-state index contributed by atoms with van der Waals surface area (Å²) >= 11 is 0. The van der Waals surface area contributed by atoms with E-state index in [4.69, 9.17) is 0 Å². The van der Waals surface area contributed by atoms with Crippen molar-refractivity contribution in [2.45, 2.75) is 6.54 Å². The van der Waals surface area contributed by atoms with Crippen LogP contribution in [0.4, 0.5) is 0 Å². The molecular formula is C19H14N3. The predicted molar refractivity (Wildman–Crippen MR) is 87.3 cm³/mol. The molecule has 2 aromatic heterocycles. The number of rotatable bonds is 3. The maximum atomic E-state index is 4.37. The Kier molecular flexibility index (Phi) is 3.16. The number of hydrogen-bond donors (Lipinski definition) is 0. The zero-order valence-corrected chi connectivity index (χ0v) is 12.0. The summed E-state index contributed by atoms with van der Waals surface area (Å²) in [6, 6.07) is 22.8. The molecule has 0 spiro atoms. The molecule has 0 atom stereocenters. The van der Waals surface area contributed by atoms with Crippen LogP contribution in [0, 0.1) is 6.33 Å². The van der Waals surface area contributed by atoms with Crippen LogP contribution in [0.2, 0.25) is 0 Å². The van der Waals surface area contributed by atoms with E-state index in [1.807, 2.05) is 22.8 Å². The number of hydrogen-bond acceptors (Lipinski definition) is 2. The number of fused-ring (bicyclic) bond motifs is 1. The summed E-state index contributed by atoms with van der Waals surface area (Å²) in [4.78, 5) is 8.63. The molecule has 0 aliphatic heterocycles. The average Bonchev–Trinajstić information content (AvgIpc) is 3.00. The van der Waals surface area contributed by atoms with Crippen LogP contribution in [-0.4, -0.2) is 14.5 Å². The number of imidazole rings is 1. The molecule has 0 N–H and O–H groups in total. The van der Waals surface area contributed by atoms with E-state index in [2.05, 4.69) is 64.8 Å². The Labute approximate surface area is 128 Å². The van der Waals surface area contributed by atoms with Gasteiger partial charge in [-0.05, 0) is 28.8 Å².